The highest BCUT2D eigenvalue weighted by atomic mass is 16.3. The van der Waals surface area contributed by atoms with E-state index in [1.807, 2.05) is 0 Å². The lowest BCUT2D eigenvalue weighted by Crippen LogP contribution is -2.02. The van der Waals surface area contributed by atoms with Gasteiger partial charge >= 0.3 is 0 Å². The van der Waals surface area contributed by atoms with Gasteiger partial charge in [0.25, 0.3) is 0 Å². The zero-order chi connectivity index (χ0) is 9.14. The normalized spacial score (nSPS) is 14.1. The summed E-state index contributed by atoms with van der Waals surface area (Å²) in [7, 11) is 0. The molecule has 0 radical (unpaired) electrons. The molecule has 0 aliphatic rings. The second kappa shape index (κ2) is 3.25. The second-order valence-electron chi connectivity index (χ2n) is 2.26. The lowest BCUT2D eigenvalue weighted by atomic mass is 10.1. The fourth-order valence-corrected chi connectivity index (χ4v) is 0.832. The largest absolute Gasteiger partial charge is 0.504 e. The van der Waals surface area contributed by atoms with E-state index in [0.29, 0.717) is 6.42 Å². The van der Waals surface area contributed by atoms with Crippen LogP contribution < -0.4 is 5.73 Å². The van der Waals surface area contributed by atoms with Crippen LogP contribution in [0.25, 0.3) is 0 Å². The molecule has 11 heavy (non-hydrogen) atoms. The third kappa shape index (κ3) is 1.85. The Balaban J connectivity index is 2.82. The highest BCUT2D eigenvalue weighted by Gasteiger charge is 1.98. The Kier molecular flexibility index (Phi) is 1.92. The minimum absolute atomic E-state index is 0.155. The van der Waals surface area contributed by atoms with Crippen molar-refractivity contribution in [2.45, 2.75) is 6.42 Å². The fourth-order valence-electron chi connectivity index (χ4n) is 0.832. The molecular formula is C8H11NO2. The molecule has 0 aliphatic carbocycles. The number of phenols is 2. The van der Waals surface area contributed by atoms with Crippen LogP contribution in [0.15, 0.2) is 18.2 Å². The Morgan fingerprint density at radius 2 is 2.09 bits per heavy atom. The van der Waals surface area contributed by atoms with Crippen molar-refractivity contribution in [3.63, 3.8) is 0 Å². The van der Waals surface area contributed by atoms with E-state index in [1.165, 1.54) is 12.1 Å². The molecule has 3 heteroatoms. The number of hydrogen-bond donors (Lipinski definition) is 3. The first-order chi connectivity index (χ1) is 5.59. The third-order valence-corrected chi connectivity index (χ3v) is 1.39. The molecule has 4 N–H and O–H groups in total. The lowest BCUT2D eigenvalue weighted by Gasteiger charge is -2.00. The van der Waals surface area contributed by atoms with Crippen LogP contribution in [0, 0.1) is 0 Å². The van der Waals surface area contributed by atoms with Gasteiger partial charge in [0.15, 0.2) is 11.5 Å². The molecule has 0 heterocycles. The van der Waals surface area contributed by atoms with Crippen molar-refractivity contribution in [1.82, 2.24) is 0 Å². The average molecular weight is 155 g/mol. The molecule has 0 spiro atoms. The van der Waals surface area contributed by atoms with E-state index < -0.39 is 6.52 Å². The van der Waals surface area contributed by atoms with Crippen LogP contribution in [0.4, 0.5) is 0 Å². The van der Waals surface area contributed by atoms with Gasteiger partial charge in [-0.3, -0.25) is 0 Å². The van der Waals surface area contributed by atoms with Crippen LogP contribution in [-0.4, -0.2) is 16.7 Å². The number of rotatable bonds is 2. The maximum absolute atomic E-state index is 9.06. The summed E-state index contributed by atoms with van der Waals surface area (Å²) in [5.41, 5.74) is 5.98. The average Bonchev–Trinajstić information content (AvgIpc) is 1.96. The molecule has 0 saturated heterocycles. The molecule has 1 rings (SSSR count). The summed E-state index contributed by atoms with van der Waals surface area (Å²) in [4.78, 5) is 0. The molecule has 3 nitrogen and oxygen atoms in total. The lowest BCUT2D eigenvalue weighted by molar-refractivity contribution is 0.403. The molecule has 0 aliphatic heterocycles. The predicted octanol–water partition coefficient (Wildman–Crippen LogP) is 0.599. The predicted molar refractivity (Wildman–Crippen MR) is 42.5 cm³/mol. The molecule has 0 fully saturated rings. The van der Waals surface area contributed by atoms with Gasteiger partial charge in [-0.2, -0.15) is 0 Å². The highest BCUT2D eigenvalue weighted by Crippen LogP contribution is 2.24. The van der Waals surface area contributed by atoms with E-state index in [0.717, 1.165) is 5.56 Å². The van der Waals surface area contributed by atoms with Gasteiger partial charge < -0.3 is 15.9 Å². The second-order valence-corrected chi connectivity index (χ2v) is 2.26. The molecule has 1 aromatic carbocycles. The van der Waals surface area contributed by atoms with Crippen molar-refractivity contribution in [3.8, 4) is 11.5 Å². The molecular weight excluding hydrogens is 142 g/mol. The van der Waals surface area contributed by atoms with Gasteiger partial charge in [0, 0.05) is 1.37 Å². The Bertz CT molecular complexity index is 276. The van der Waals surface area contributed by atoms with Gasteiger partial charge in [0.1, 0.15) is 0 Å². The zero-order valence-electron chi connectivity index (χ0n) is 6.99. The monoisotopic (exact) mass is 155 g/mol. The summed E-state index contributed by atoms with van der Waals surface area (Å²) < 4.78 is 7.07. The van der Waals surface area contributed by atoms with Crippen LogP contribution in [0.1, 0.15) is 6.93 Å². The first-order valence-corrected chi connectivity index (χ1v) is 3.28. The Labute approximate surface area is 66.5 Å². The number of phenolic OH excluding ortho intramolecular Hbond substituents is 2. The Morgan fingerprint density at radius 1 is 1.36 bits per heavy atom. The Hall–Kier alpha value is -1.22. The first kappa shape index (κ1) is 6.49. The van der Waals surface area contributed by atoms with Crippen molar-refractivity contribution >= 4 is 0 Å². The smallest absolute Gasteiger partial charge is 0.157 e. The van der Waals surface area contributed by atoms with E-state index >= 15 is 0 Å². The van der Waals surface area contributed by atoms with E-state index in [-0.39, 0.29) is 11.5 Å². The van der Waals surface area contributed by atoms with Crippen molar-refractivity contribution in [3.05, 3.63) is 23.8 Å². The maximum atomic E-state index is 9.06. The third-order valence-electron chi connectivity index (χ3n) is 1.39. The molecule has 1 atom stereocenters. The molecule has 0 unspecified atom stereocenters. The quantitative estimate of drug-likeness (QED) is 0.548. The van der Waals surface area contributed by atoms with E-state index in [9.17, 15) is 0 Å². The van der Waals surface area contributed by atoms with E-state index in [4.69, 9.17) is 17.3 Å². The zero-order valence-corrected chi connectivity index (χ0v) is 5.99. The Morgan fingerprint density at radius 3 is 2.64 bits per heavy atom. The summed E-state index contributed by atoms with van der Waals surface area (Å²) in [5, 5.41) is 18.0. The SMILES string of the molecule is [3H][C@@H](N)Cc1ccc(O)c(O)c1. The molecule has 0 bridgehead atoms. The first-order valence-electron chi connectivity index (χ1n) is 3.86. The molecule has 1 aromatic rings. The van der Waals surface area contributed by atoms with Crippen LogP contribution in [0.2, 0.25) is 0 Å². The molecule has 0 aromatic heterocycles. The topological polar surface area (TPSA) is 66.5 Å². The number of nitrogens with two attached hydrogens (primary N) is 1. The van der Waals surface area contributed by atoms with Gasteiger partial charge in [-0.15, -0.1) is 0 Å². The molecule has 0 saturated carbocycles. The minimum Gasteiger partial charge on any atom is -0.504 e. The summed E-state index contributed by atoms with van der Waals surface area (Å²) in [6.45, 7) is -0.686. The maximum Gasteiger partial charge on any atom is 0.157 e. The van der Waals surface area contributed by atoms with Crippen LogP contribution in [0.3, 0.4) is 0 Å². The summed E-state index contributed by atoms with van der Waals surface area (Å²) >= 11 is 0. The van der Waals surface area contributed by atoms with Crippen LogP contribution >= 0.6 is 0 Å². The van der Waals surface area contributed by atoms with Crippen molar-refractivity contribution in [2.24, 2.45) is 5.73 Å². The summed E-state index contributed by atoms with van der Waals surface area (Å²) in [6.07, 6.45) is 0.369. The minimum atomic E-state index is -0.686. The summed E-state index contributed by atoms with van der Waals surface area (Å²) in [5.74, 6) is -0.328. The van der Waals surface area contributed by atoms with Gasteiger partial charge in [0.05, 0.1) is 0 Å². The van der Waals surface area contributed by atoms with Crippen molar-refractivity contribution in [2.75, 3.05) is 6.52 Å². The van der Waals surface area contributed by atoms with Gasteiger partial charge in [-0.25, -0.2) is 0 Å². The fraction of sp³-hybridized carbons (Fsp3) is 0.250. The number of aromatic hydroxyl groups is 2. The number of hydrogen-bond acceptors (Lipinski definition) is 3. The molecule has 60 valence electrons. The summed E-state index contributed by atoms with van der Waals surface area (Å²) in [6, 6.07) is 4.42. The van der Waals surface area contributed by atoms with E-state index in [2.05, 4.69) is 0 Å². The van der Waals surface area contributed by atoms with Gasteiger partial charge in [0.2, 0.25) is 0 Å². The standard InChI is InChI=1S/C8H11NO2/c9-4-3-6-1-2-7(10)8(11)5-6/h1-2,5,10-11H,3-4,9H2/i4T/t4-/m1/s1. The van der Waals surface area contributed by atoms with E-state index in [1.54, 1.807) is 6.07 Å². The number of benzene rings is 1. The van der Waals surface area contributed by atoms with Crippen LogP contribution in [-0.2, 0) is 6.42 Å². The van der Waals surface area contributed by atoms with Gasteiger partial charge in [-0.05, 0) is 30.6 Å². The van der Waals surface area contributed by atoms with Crippen LogP contribution in [0.5, 0.6) is 11.5 Å². The highest BCUT2D eigenvalue weighted by molar-refractivity contribution is 5.40. The van der Waals surface area contributed by atoms with Crippen molar-refractivity contribution in [1.29, 1.82) is 0 Å². The van der Waals surface area contributed by atoms with Gasteiger partial charge in [-0.1, -0.05) is 6.07 Å². The number of aryl methyl sites for hydroxylation is 1. The van der Waals surface area contributed by atoms with Crippen molar-refractivity contribution < 1.29 is 11.6 Å². The molecule has 0 amide bonds.